The molecule has 2 atom stereocenters. The van der Waals surface area contributed by atoms with Gasteiger partial charge in [0.05, 0.1) is 13.7 Å². The molecule has 2 amide bonds. The Morgan fingerprint density at radius 1 is 1.53 bits per heavy atom. The Hall–Kier alpha value is -1.24. The monoisotopic (exact) mass is 258 g/mol. The Kier molecular flexibility index (Phi) is 2.81. The number of fused-ring (bicyclic) bond motifs is 1. The molecule has 0 aromatic rings. The zero-order valence-corrected chi connectivity index (χ0v) is 10.7. The summed E-state index contributed by atoms with van der Waals surface area (Å²) in [5, 5.41) is 1.89. The lowest BCUT2D eigenvalue weighted by Crippen LogP contribution is -2.60. The lowest BCUT2D eigenvalue weighted by Gasteiger charge is -2.32. The minimum absolute atomic E-state index is 0.0561. The zero-order chi connectivity index (χ0) is 12.8. The van der Waals surface area contributed by atoms with Crippen LogP contribution in [-0.2, 0) is 19.1 Å². The Balaban J connectivity index is 2.39. The smallest absolute Gasteiger partial charge is 0.330 e. The summed E-state index contributed by atoms with van der Waals surface area (Å²) in [5.41, 5.74) is 0. The van der Waals surface area contributed by atoms with Gasteiger partial charge in [-0.3, -0.25) is 9.59 Å². The van der Waals surface area contributed by atoms with Gasteiger partial charge in [0.15, 0.2) is 5.37 Å². The number of piperazine rings is 1. The summed E-state index contributed by atoms with van der Waals surface area (Å²) < 4.78 is 4.19. The van der Waals surface area contributed by atoms with E-state index >= 15 is 0 Å². The lowest BCUT2D eigenvalue weighted by atomic mass is 10.0. The number of carbonyl (C=O) groups is 3. The van der Waals surface area contributed by atoms with Gasteiger partial charge in [-0.15, -0.1) is 11.8 Å². The molecule has 2 fully saturated rings. The standard InChI is InChI=1S/C10H14N2O4S/c1-10(2)6(9(15)16-3)12-5(13)4-11-7(14)8(12)17-10/h6,8H,4H2,1-3H3,(H,11,14). The van der Waals surface area contributed by atoms with Gasteiger partial charge in [-0.05, 0) is 13.8 Å². The van der Waals surface area contributed by atoms with Crippen LogP contribution in [0.5, 0.6) is 0 Å². The zero-order valence-electron chi connectivity index (χ0n) is 9.85. The maximum atomic E-state index is 11.8. The number of methoxy groups -OCH3 is 1. The molecule has 1 N–H and O–H groups in total. The second-order valence-electron chi connectivity index (χ2n) is 4.52. The van der Waals surface area contributed by atoms with Gasteiger partial charge in [-0.2, -0.15) is 0 Å². The molecule has 0 aliphatic carbocycles. The highest BCUT2D eigenvalue weighted by Gasteiger charge is 2.57. The second-order valence-corrected chi connectivity index (χ2v) is 6.25. The Morgan fingerprint density at radius 3 is 2.76 bits per heavy atom. The molecule has 0 aromatic heterocycles. The molecule has 0 aromatic carbocycles. The van der Waals surface area contributed by atoms with E-state index in [1.54, 1.807) is 0 Å². The highest BCUT2D eigenvalue weighted by atomic mass is 32.2. The number of nitrogens with zero attached hydrogens (tertiary/aromatic N) is 1. The van der Waals surface area contributed by atoms with Crippen LogP contribution in [0, 0.1) is 0 Å². The molecule has 17 heavy (non-hydrogen) atoms. The highest BCUT2D eigenvalue weighted by Crippen LogP contribution is 2.45. The van der Waals surface area contributed by atoms with E-state index in [-0.39, 0.29) is 18.4 Å². The maximum Gasteiger partial charge on any atom is 0.330 e. The largest absolute Gasteiger partial charge is 0.467 e. The van der Waals surface area contributed by atoms with Crippen LogP contribution >= 0.6 is 11.8 Å². The van der Waals surface area contributed by atoms with Crippen LogP contribution in [0.2, 0.25) is 0 Å². The second kappa shape index (κ2) is 3.90. The van der Waals surface area contributed by atoms with Crippen molar-refractivity contribution in [2.45, 2.75) is 30.0 Å². The number of hydrogen-bond acceptors (Lipinski definition) is 5. The fraction of sp³-hybridized carbons (Fsp3) is 0.700. The predicted octanol–water partition coefficient (Wildman–Crippen LogP) is -0.662. The highest BCUT2D eigenvalue weighted by molar-refractivity contribution is 8.02. The van der Waals surface area contributed by atoms with Gasteiger partial charge < -0.3 is 15.0 Å². The molecule has 94 valence electrons. The summed E-state index contributed by atoms with van der Waals surface area (Å²) in [7, 11) is 1.28. The van der Waals surface area contributed by atoms with Gasteiger partial charge in [-0.1, -0.05) is 0 Å². The van der Waals surface area contributed by atoms with Crippen molar-refractivity contribution in [1.29, 1.82) is 0 Å². The van der Waals surface area contributed by atoms with Gasteiger partial charge in [0.2, 0.25) is 5.91 Å². The molecular formula is C10H14N2O4S. The van der Waals surface area contributed by atoms with Crippen LogP contribution in [0.15, 0.2) is 0 Å². The summed E-state index contributed by atoms with van der Waals surface area (Å²) in [6, 6.07) is -0.707. The third-order valence-corrected chi connectivity index (χ3v) is 4.45. The third kappa shape index (κ3) is 1.78. The summed E-state index contributed by atoms with van der Waals surface area (Å²) in [4.78, 5) is 36.6. The molecule has 2 aliphatic heterocycles. The van der Waals surface area contributed by atoms with Crippen molar-refractivity contribution in [3.63, 3.8) is 0 Å². The number of thioether (sulfide) groups is 1. The molecule has 6 nitrogen and oxygen atoms in total. The van der Waals surface area contributed by atoms with Crippen LogP contribution in [0.3, 0.4) is 0 Å². The van der Waals surface area contributed by atoms with E-state index in [9.17, 15) is 14.4 Å². The predicted molar refractivity (Wildman–Crippen MR) is 61.1 cm³/mol. The first-order chi connectivity index (χ1) is 7.88. The van der Waals surface area contributed by atoms with Crippen molar-refractivity contribution in [3.8, 4) is 0 Å². The van der Waals surface area contributed by atoms with Crippen LogP contribution in [0.25, 0.3) is 0 Å². The molecule has 0 bridgehead atoms. The Morgan fingerprint density at radius 2 is 2.18 bits per heavy atom. The SMILES string of the molecule is COC(=O)C1N2C(=O)CNC(=O)C2SC1(C)C. The minimum atomic E-state index is -0.707. The van der Waals surface area contributed by atoms with E-state index in [0.717, 1.165) is 0 Å². The summed E-state index contributed by atoms with van der Waals surface area (Å²) in [6.45, 7) is 3.61. The Labute approximate surface area is 103 Å². The van der Waals surface area contributed by atoms with Crippen LogP contribution in [0.4, 0.5) is 0 Å². The van der Waals surface area contributed by atoms with Crippen LogP contribution < -0.4 is 5.32 Å². The molecular weight excluding hydrogens is 244 g/mol. The normalized spacial score (nSPS) is 30.9. The third-order valence-electron chi connectivity index (χ3n) is 2.96. The number of carbonyl (C=O) groups excluding carboxylic acids is 3. The van der Waals surface area contributed by atoms with E-state index < -0.39 is 22.1 Å². The van der Waals surface area contributed by atoms with Crippen molar-refractivity contribution >= 4 is 29.5 Å². The van der Waals surface area contributed by atoms with Gasteiger partial charge in [0, 0.05) is 4.75 Å². The van der Waals surface area contributed by atoms with Crippen molar-refractivity contribution in [1.82, 2.24) is 10.2 Å². The van der Waals surface area contributed by atoms with E-state index in [1.165, 1.54) is 23.8 Å². The number of rotatable bonds is 1. The fourth-order valence-electron chi connectivity index (χ4n) is 2.18. The first kappa shape index (κ1) is 12.2. The first-order valence-electron chi connectivity index (χ1n) is 5.23. The average molecular weight is 258 g/mol. The molecule has 0 saturated carbocycles. The maximum absolute atomic E-state index is 11.8. The van der Waals surface area contributed by atoms with Crippen molar-refractivity contribution < 1.29 is 19.1 Å². The number of esters is 1. The van der Waals surface area contributed by atoms with Gasteiger partial charge in [-0.25, -0.2) is 4.79 Å². The molecule has 2 aliphatic rings. The summed E-state index contributed by atoms with van der Waals surface area (Å²) >= 11 is 1.31. The quantitative estimate of drug-likeness (QED) is 0.632. The molecule has 2 heterocycles. The van der Waals surface area contributed by atoms with Crippen LogP contribution in [-0.4, -0.2) is 52.5 Å². The molecule has 0 radical (unpaired) electrons. The van der Waals surface area contributed by atoms with Gasteiger partial charge in [0.25, 0.3) is 5.91 Å². The van der Waals surface area contributed by atoms with Crippen molar-refractivity contribution in [3.05, 3.63) is 0 Å². The number of amides is 2. The molecule has 2 saturated heterocycles. The van der Waals surface area contributed by atoms with Crippen LogP contribution in [0.1, 0.15) is 13.8 Å². The van der Waals surface area contributed by atoms with E-state index in [0.29, 0.717) is 0 Å². The summed E-state index contributed by atoms with van der Waals surface area (Å²) in [5.74, 6) is -0.954. The molecule has 2 rings (SSSR count). The molecule has 2 unspecified atom stereocenters. The van der Waals surface area contributed by atoms with Crippen molar-refractivity contribution in [2.75, 3.05) is 13.7 Å². The molecule has 7 heteroatoms. The van der Waals surface area contributed by atoms with Gasteiger partial charge >= 0.3 is 5.97 Å². The number of hydrogen-bond donors (Lipinski definition) is 1. The fourth-order valence-corrected chi connectivity index (χ4v) is 3.64. The van der Waals surface area contributed by atoms with E-state index in [2.05, 4.69) is 5.32 Å². The van der Waals surface area contributed by atoms with E-state index in [1.807, 2.05) is 13.8 Å². The number of ether oxygens (including phenoxy) is 1. The van der Waals surface area contributed by atoms with Gasteiger partial charge in [0.1, 0.15) is 6.04 Å². The minimum Gasteiger partial charge on any atom is -0.467 e. The summed E-state index contributed by atoms with van der Waals surface area (Å²) in [6.07, 6.45) is 0. The Bertz CT molecular complexity index is 396. The topological polar surface area (TPSA) is 75.7 Å². The number of nitrogens with one attached hydrogen (secondary N) is 1. The first-order valence-corrected chi connectivity index (χ1v) is 6.11. The lowest BCUT2D eigenvalue weighted by molar-refractivity contribution is -0.156. The molecule has 0 spiro atoms. The van der Waals surface area contributed by atoms with E-state index in [4.69, 9.17) is 4.74 Å². The average Bonchev–Trinajstić information content (AvgIpc) is 2.55. The van der Waals surface area contributed by atoms with Crippen molar-refractivity contribution in [2.24, 2.45) is 0 Å².